The Hall–Kier alpha value is -3.91. The Labute approximate surface area is 198 Å². The van der Waals surface area contributed by atoms with Crippen LogP contribution in [0, 0.1) is 0 Å². The van der Waals surface area contributed by atoms with Crippen LogP contribution in [-0.4, -0.2) is 27.9 Å². The molecule has 3 amide bonds. The maximum absolute atomic E-state index is 12.7. The van der Waals surface area contributed by atoms with Gasteiger partial charge in [-0.05, 0) is 63.0 Å². The molecule has 33 heavy (non-hydrogen) atoms. The first-order valence-electron chi connectivity index (χ1n) is 10.0. The molecule has 0 atom stereocenters. The molecule has 1 aliphatic rings. The molecule has 2 N–H and O–H groups in total. The molecule has 8 heteroatoms. The number of amides is 3. The van der Waals surface area contributed by atoms with Crippen molar-refractivity contribution in [1.29, 1.82) is 0 Å². The fourth-order valence-corrected chi connectivity index (χ4v) is 3.84. The van der Waals surface area contributed by atoms with E-state index in [1.807, 2.05) is 30.3 Å². The molecule has 3 aromatic carbocycles. The summed E-state index contributed by atoms with van der Waals surface area (Å²) in [6.07, 6.45) is 1.61. The number of benzene rings is 3. The number of halogens is 1. The molecule has 0 spiro atoms. The van der Waals surface area contributed by atoms with E-state index in [0.717, 1.165) is 11.1 Å². The van der Waals surface area contributed by atoms with Gasteiger partial charge in [-0.15, -0.1) is 0 Å². The van der Waals surface area contributed by atoms with Gasteiger partial charge in [-0.25, -0.2) is 9.59 Å². The first-order valence-corrected chi connectivity index (χ1v) is 10.8. The Balaban J connectivity index is 1.44. The molecule has 0 bridgehead atoms. The maximum Gasteiger partial charge on any atom is 0.335 e. The SMILES string of the molecule is O=C(O)c1cccc(COc2ccc(/C=C3/NC(=O)N(Cc4ccccc4)C3=O)cc2Br)c1. The lowest BCUT2D eigenvalue weighted by Crippen LogP contribution is -2.30. The van der Waals surface area contributed by atoms with E-state index in [-0.39, 0.29) is 24.4 Å². The molecule has 7 nitrogen and oxygen atoms in total. The van der Waals surface area contributed by atoms with Crippen molar-refractivity contribution < 1.29 is 24.2 Å². The van der Waals surface area contributed by atoms with Crippen LogP contribution < -0.4 is 10.1 Å². The zero-order valence-electron chi connectivity index (χ0n) is 17.3. The van der Waals surface area contributed by atoms with E-state index in [4.69, 9.17) is 9.84 Å². The van der Waals surface area contributed by atoms with Crippen molar-refractivity contribution in [2.75, 3.05) is 0 Å². The first-order chi connectivity index (χ1) is 15.9. The van der Waals surface area contributed by atoms with Gasteiger partial charge in [0.05, 0.1) is 16.6 Å². The molecule has 0 aromatic heterocycles. The highest BCUT2D eigenvalue weighted by atomic mass is 79.9. The second-order valence-electron chi connectivity index (χ2n) is 7.35. The second kappa shape index (κ2) is 9.70. The average Bonchev–Trinajstić information content (AvgIpc) is 3.06. The van der Waals surface area contributed by atoms with Crippen LogP contribution >= 0.6 is 15.9 Å². The normalized spacial score (nSPS) is 14.5. The van der Waals surface area contributed by atoms with Gasteiger partial charge in [-0.3, -0.25) is 9.69 Å². The summed E-state index contributed by atoms with van der Waals surface area (Å²) in [7, 11) is 0. The number of nitrogens with zero attached hydrogens (tertiary/aromatic N) is 1. The van der Waals surface area contributed by atoms with Gasteiger partial charge in [0.15, 0.2) is 0 Å². The van der Waals surface area contributed by atoms with E-state index in [1.54, 1.807) is 42.5 Å². The van der Waals surface area contributed by atoms with Crippen LogP contribution in [0.15, 0.2) is 83.0 Å². The zero-order chi connectivity index (χ0) is 23.4. The second-order valence-corrected chi connectivity index (χ2v) is 8.20. The fraction of sp³-hybridized carbons (Fsp3) is 0.0800. The number of carboxylic acid groups (broad SMARTS) is 1. The molecule has 0 saturated carbocycles. The van der Waals surface area contributed by atoms with E-state index in [1.165, 1.54) is 11.0 Å². The van der Waals surface area contributed by atoms with Crippen molar-refractivity contribution in [2.24, 2.45) is 0 Å². The molecule has 4 rings (SSSR count). The number of carbonyl (C=O) groups is 3. The molecule has 1 aliphatic heterocycles. The Morgan fingerprint density at radius 3 is 2.48 bits per heavy atom. The van der Waals surface area contributed by atoms with Gasteiger partial charge in [0.25, 0.3) is 5.91 Å². The number of carboxylic acids is 1. The molecule has 0 aliphatic carbocycles. The van der Waals surface area contributed by atoms with Crippen LogP contribution in [0.1, 0.15) is 27.0 Å². The summed E-state index contributed by atoms with van der Waals surface area (Å²) in [5.41, 5.74) is 2.68. The third-order valence-corrected chi connectivity index (χ3v) is 5.60. The molecule has 1 heterocycles. The van der Waals surface area contributed by atoms with Crippen molar-refractivity contribution in [3.05, 3.63) is 105 Å². The lowest BCUT2D eigenvalue weighted by Gasteiger charge is -2.11. The zero-order valence-corrected chi connectivity index (χ0v) is 18.9. The molecular formula is C25H19BrN2O5. The van der Waals surface area contributed by atoms with E-state index < -0.39 is 17.9 Å². The number of carbonyl (C=O) groups excluding carboxylic acids is 2. The summed E-state index contributed by atoms with van der Waals surface area (Å²) in [6, 6.07) is 20.6. The van der Waals surface area contributed by atoms with Crippen molar-refractivity contribution in [2.45, 2.75) is 13.2 Å². The number of rotatable bonds is 7. The topological polar surface area (TPSA) is 95.9 Å². The van der Waals surface area contributed by atoms with Crippen molar-refractivity contribution in [3.8, 4) is 5.75 Å². The summed E-state index contributed by atoms with van der Waals surface area (Å²) in [5, 5.41) is 11.7. The Kier molecular flexibility index (Phi) is 6.55. The van der Waals surface area contributed by atoms with Crippen LogP contribution in [0.2, 0.25) is 0 Å². The predicted octanol–water partition coefficient (Wildman–Crippen LogP) is 4.82. The number of nitrogens with one attached hydrogen (secondary N) is 1. The molecule has 1 fully saturated rings. The quantitative estimate of drug-likeness (QED) is 0.353. The number of imide groups is 1. The highest BCUT2D eigenvalue weighted by Crippen LogP contribution is 2.28. The molecule has 3 aromatic rings. The van der Waals surface area contributed by atoms with Crippen LogP contribution in [0.3, 0.4) is 0 Å². The number of aromatic carboxylic acids is 1. The molecule has 1 saturated heterocycles. The molecular weight excluding hydrogens is 488 g/mol. The van der Waals surface area contributed by atoms with Gasteiger partial charge >= 0.3 is 12.0 Å². The van der Waals surface area contributed by atoms with Crippen LogP contribution in [0.5, 0.6) is 5.75 Å². The standard InChI is InChI=1S/C25H19BrN2O5/c26-20-12-17(9-10-22(20)33-15-18-7-4-8-19(11-18)24(30)31)13-21-23(29)28(25(32)27-21)14-16-5-2-1-3-6-16/h1-13H,14-15H2,(H,27,32)(H,30,31)/b21-13+. The highest BCUT2D eigenvalue weighted by Gasteiger charge is 2.33. The summed E-state index contributed by atoms with van der Waals surface area (Å²) in [5.74, 6) is -0.824. The number of hydrogen-bond acceptors (Lipinski definition) is 4. The largest absolute Gasteiger partial charge is 0.488 e. The lowest BCUT2D eigenvalue weighted by molar-refractivity contribution is -0.123. The minimum Gasteiger partial charge on any atom is -0.488 e. The molecule has 0 unspecified atom stereocenters. The molecule has 166 valence electrons. The number of urea groups is 1. The number of ether oxygens (including phenoxy) is 1. The van der Waals surface area contributed by atoms with Gasteiger partial charge in [0.1, 0.15) is 18.1 Å². The van der Waals surface area contributed by atoms with Gasteiger partial charge in [0.2, 0.25) is 0 Å². The van der Waals surface area contributed by atoms with Gasteiger partial charge < -0.3 is 15.2 Å². The summed E-state index contributed by atoms with van der Waals surface area (Å²) < 4.78 is 6.46. The fourth-order valence-electron chi connectivity index (χ4n) is 3.33. The molecule has 0 radical (unpaired) electrons. The summed E-state index contributed by atoms with van der Waals surface area (Å²) in [4.78, 5) is 37.3. The van der Waals surface area contributed by atoms with Gasteiger partial charge in [0, 0.05) is 0 Å². The van der Waals surface area contributed by atoms with Crippen molar-refractivity contribution >= 4 is 39.9 Å². The van der Waals surface area contributed by atoms with Crippen LogP contribution in [0.25, 0.3) is 6.08 Å². The first kappa shape index (κ1) is 22.3. The smallest absolute Gasteiger partial charge is 0.335 e. The monoisotopic (exact) mass is 506 g/mol. The third kappa shape index (κ3) is 5.30. The van der Waals surface area contributed by atoms with E-state index >= 15 is 0 Å². The van der Waals surface area contributed by atoms with Crippen molar-refractivity contribution in [3.63, 3.8) is 0 Å². The van der Waals surface area contributed by atoms with Crippen LogP contribution in [0.4, 0.5) is 4.79 Å². The third-order valence-electron chi connectivity index (χ3n) is 4.98. The minimum absolute atomic E-state index is 0.196. The summed E-state index contributed by atoms with van der Waals surface area (Å²) >= 11 is 3.46. The Morgan fingerprint density at radius 1 is 1.00 bits per heavy atom. The predicted molar refractivity (Wildman–Crippen MR) is 125 cm³/mol. The summed E-state index contributed by atoms with van der Waals surface area (Å²) in [6.45, 7) is 0.394. The van der Waals surface area contributed by atoms with Crippen molar-refractivity contribution in [1.82, 2.24) is 10.2 Å². The maximum atomic E-state index is 12.7. The Bertz CT molecular complexity index is 1260. The average molecular weight is 507 g/mol. The van der Waals surface area contributed by atoms with Gasteiger partial charge in [-0.1, -0.05) is 48.5 Å². The number of hydrogen-bond donors (Lipinski definition) is 2. The highest BCUT2D eigenvalue weighted by molar-refractivity contribution is 9.10. The van der Waals surface area contributed by atoms with Crippen LogP contribution in [-0.2, 0) is 17.9 Å². The van der Waals surface area contributed by atoms with Gasteiger partial charge in [-0.2, -0.15) is 0 Å². The lowest BCUT2D eigenvalue weighted by atomic mass is 10.1. The van der Waals surface area contributed by atoms with E-state index in [0.29, 0.717) is 15.8 Å². The minimum atomic E-state index is -0.994. The van der Waals surface area contributed by atoms with E-state index in [2.05, 4.69) is 21.2 Å². The Morgan fingerprint density at radius 2 is 1.76 bits per heavy atom. The van der Waals surface area contributed by atoms with E-state index in [9.17, 15) is 14.4 Å².